The summed E-state index contributed by atoms with van der Waals surface area (Å²) in [7, 11) is 0. The van der Waals surface area contributed by atoms with Crippen LogP contribution in [0.2, 0.25) is 5.02 Å². The van der Waals surface area contributed by atoms with Crippen LogP contribution in [0.4, 0.5) is 30.4 Å². The minimum Gasteiger partial charge on any atom is -0.379 e. The Balaban J connectivity index is 1.56. The molecule has 2 N–H and O–H groups in total. The molecule has 32 heavy (non-hydrogen) atoms. The van der Waals surface area contributed by atoms with Crippen molar-refractivity contribution >= 4 is 45.6 Å². The number of benzene rings is 2. The second kappa shape index (κ2) is 9.27. The van der Waals surface area contributed by atoms with Crippen LogP contribution in [-0.4, -0.2) is 53.6 Å². The quantitative estimate of drug-likeness (QED) is 0.584. The molecule has 0 unspecified atom stereocenters. The van der Waals surface area contributed by atoms with Crippen LogP contribution in [0.5, 0.6) is 0 Å². The summed E-state index contributed by atoms with van der Waals surface area (Å²) in [5.74, 6) is 0.125. The van der Waals surface area contributed by atoms with Gasteiger partial charge in [-0.25, -0.2) is 9.97 Å². The molecule has 4 rings (SSSR count). The maximum Gasteiger partial charge on any atom is 0.417 e. The number of rotatable bonds is 5. The number of nitrogens with one attached hydrogen (secondary N) is 2. The fourth-order valence-electron chi connectivity index (χ4n) is 3.35. The van der Waals surface area contributed by atoms with E-state index in [0.29, 0.717) is 48.7 Å². The van der Waals surface area contributed by atoms with Gasteiger partial charge in [-0.3, -0.25) is 9.69 Å². The van der Waals surface area contributed by atoms with Crippen molar-refractivity contribution in [2.24, 2.45) is 0 Å². The monoisotopic (exact) mass is 465 g/mol. The first kappa shape index (κ1) is 22.3. The number of aromatic nitrogens is 2. The lowest BCUT2D eigenvalue weighted by atomic mass is 10.1. The van der Waals surface area contributed by atoms with Crippen LogP contribution in [-0.2, 0) is 15.7 Å². The van der Waals surface area contributed by atoms with Crippen molar-refractivity contribution < 1.29 is 22.7 Å². The van der Waals surface area contributed by atoms with Crippen LogP contribution < -0.4 is 10.6 Å². The first-order valence-electron chi connectivity index (χ1n) is 9.78. The van der Waals surface area contributed by atoms with Crippen molar-refractivity contribution in [1.29, 1.82) is 0 Å². The largest absolute Gasteiger partial charge is 0.417 e. The first-order chi connectivity index (χ1) is 15.3. The van der Waals surface area contributed by atoms with Crippen molar-refractivity contribution in [2.45, 2.75) is 6.18 Å². The van der Waals surface area contributed by atoms with Gasteiger partial charge in [-0.05, 0) is 36.4 Å². The number of hydrogen-bond donors (Lipinski definition) is 2. The minimum atomic E-state index is -4.58. The molecule has 168 valence electrons. The molecule has 11 heteroatoms. The average molecular weight is 466 g/mol. The van der Waals surface area contributed by atoms with Gasteiger partial charge in [-0.15, -0.1) is 0 Å². The van der Waals surface area contributed by atoms with Gasteiger partial charge in [0, 0.05) is 29.9 Å². The zero-order valence-electron chi connectivity index (χ0n) is 16.7. The number of morpholine rings is 1. The van der Waals surface area contributed by atoms with E-state index in [9.17, 15) is 18.0 Å². The molecule has 0 spiro atoms. The van der Waals surface area contributed by atoms with Crippen molar-refractivity contribution in [3.8, 4) is 0 Å². The number of carbonyl (C=O) groups excluding carboxylic acids is 1. The van der Waals surface area contributed by atoms with Crippen LogP contribution in [0.1, 0.15) is 5.56 Å². The fourth-order valence-corrected chi connectivity index (χ4v) is 3.58. The lowest BCUT2D eigenvalue weighted by molar-refractivity contribution is -0.137. The third-order valence-electron chi connectivity index (χ3n) is 4.92. The number of halogens is 4. The summed E-state index contributed by atoms with van der Waals surface area (Å²) in [6.07, 6.45) is -3.28. The Morgan fingerprint density at radius 3 is 2.59 bits per heavy atom. The number of carbonyl (C=O) groups is 1. The molecule has 1 aliphatic rings. The molecule has 1 aliphatic heterocycles. The molecular formula is C21H19ClF3N5O2. The highest BCUT2D eigenvalue weighted by Crippen LogP contribution is 2.37. The van der Waals surface area contributed by atoms with E-state index < -0.39 is 11.7 Å². The molecule has 0 radical (unpaired) electrons. The molecule has 1 aromatic heterocycles. The van der Waals surface area contributed by atoms with E-state index >= 15 is 0 Å². The van der Waals surface area contributed by atoms with E-state index in [0.717, 1.165) is 6.07 Å². The fraction of sp³-hybridized carbons (Fsp3) is 0.286. The summed E-state index contributed by atoms with van der Waals surface area (Å²) >= 11 is 5.69. The van der Waals surface area contributed by atoms with Gasteiger partial charge in [0.1, 0.15) is 12.1 Å². The van der Waals surface area contributed by atoms with Gasteiger partial charge < -0.3 is 15.4 Å². The summed E-state index contributed by atoms with van der Waals surface area (Å²) in [6, 6.07) is 8.61. The zero-order chi connectivity index (χ0) is 22.7. The minimum absolute atomic E-state index is 0.170. The van der Waals surface area contributed by atoms with Gasteiger partial charge in [-0.2, -0.15) is 13.2 Å². The molecule has 1 saturated heterocycles. The number of ether oxygens (including phenoxy) is 1. The van der Waals surface area contributed by atoms with E-state index in [-0.39, 0.29) is 23.2 Å². The molecule has 2 heterocycles. The SMILES string of the molecule is O=C(CN1CCOCC1)Nc1ccc2ncnc(Nc3ccc(Cl)c(C(F)(F)F)c3)c2c1. The van der Waals surface area contributed by atoms with Crippen LogP contribution in [0.3, 0.4) is 0 Å². The first-order valence-corrected chi connectivity index (χ1v) is 10.2. The van der Waals surface area contributed by atoms with Crippen LogP contribution >= 0.6 is 11.6 Å². The number of fused-ring (bicyclic) bond motifs is 1. The van der Waals surface area contributed by atoms with Gasteiger partial charge in [0.15, 0.2) is 0 Å². The molecule has 1 amide bonds. The normalized spacial score (nSPS) is 15.0. The second-order valence-electron chi connectivity index (χ2n) is 7.21. The Labute approximate surface area is 186 Å². The molecule has 0 aliphatic carbocycles. The molecule has 7 nitrogen and oxygen atoms in total. The van der Waals surface area contributed by atoms with E-state index in [2.05, 4.69) is 20.6 Å². The summed E-state index contributed by atoms with van der Waals surface area (Å²) in [5, 5.41) is 5.88. The van der Waals surface area contributed by atoms with E-state index in [1.165, 1.54) is 18.5 Å². The Bertz CT molecular complexity index is 1140. The van der Waals surface area contributed by atoms with Gasteiger partial charge in [0.25, 0.3) is 0 Å². The van der Waals surface area contributed by atoms with E-state index in [1.54, 1.807) is 18.2 Å². The summed E-state index contributed by atoms with van der Waals surface area (Å²) < 4.78 is 44.8. The van der Waals surface area contributed by atoms with Gasteiger partial charge in [0.2, 0.25) is 5.91 Å². The zero-order valence-corrected chi connectivity index (χ0v) is 17.5. The maximum atomic E-state index is 13.2. The summed E-state index contributed by atoms with van der Waals surface area (Å²) in [5.41, 5.74) is 0.321. The van der Waals surface area contributed by atoms with Crippen molar-refractivity contribution in [2.75, 3.05) is 43.5 Å². The number of hydrogen-bond acceptors (Lipinski definition) is 6. The number of nitrogens with zero attached hydrogens (tertiary/aromatic N) is 3. The third-order valence-corrected chi connectivity index (χ3v) is 5.25. The Morgan fingerprint density at radius 2 is 1.84 bits per heavy atom. The Kier molecular flexibility index (Phi) is 6.45. The van der Waals surface area contributed by atoms with Crippen molar-refractivity contribution in [1.82, 2.24) is 14.9 Å². The highest BCUT2D eigenvalue weighted by molar-refractivity contribution is 6.31. The Hall–Kier alpha value is -2.95. The molecule has 0 atom stereocenters. The summed E-state index contributed by atoms with van der Waals surface area (Å²) in [4.78, 5) is 22.7. The van der Waals surface area contributed by atoms with Gasteiger partial charge >= 0.3 is 6.18 Å². The second-order valence-corrected chi connectivity index (χ2v) is 7.62. The molecular weight excluding hydrogens is 447 g/mol. The Morgan fingerprint density at radius 1 is 1.09 bits per heavy atom. The molecule has 0 saturated carbocycles. The summed E-state index contributed by atoms with van der Waals surface area (Å²) in [6.45, 7) is 2.80. The van der Waals surface area contributed by atoms with E-state index in [1.807, 2.05) is 4.90 Å². The number of anilines is 3. The smallest absolute Gasteiger partial charge is 0.379 e. The molecule has 2 aromatic carbocycles. The predicted molar refractivity (Wildman–Crippen MR) is 115 cm³/mol. The van der Waals surface area contributed by atoms with Crippen LogP contribution in [0.25, 0.3) is 10.9 Å². The highest BCUT2D eigenvalue weighted by atomic mass is 35.5. The standard InChI is InChI=1S/C21H19ClF3N5O2/c22-17-3-1-14(10-16(17)21(23,24)25)29-20-15-9-13(2-4-18(15)26-12-27-20)28-19(31)11-30-5-7-32-8-6-30/h1-4,9-10,12H,5-8,11H2,(H,28,31)(H,26,27,29). The highest BCUT2D eigenvalue weighted by Gasteiger charge is 2.33. The van der Waals surface area contributed by atoms with Crippen molar-refractivity contribution in [3.63, 3.8) is 0 Å². The van der Waals surface area contributed by atoms with Gasteiger partial charge in [0.05, 0.1) is 35.9 Å². The van der Waals surface area contributed by atoms with E-state index in [4.69, 9.17) is 16.3 Å². The number of amides is 1. The van der Waals surface area contributed by atoms with Gasteiger partial charge in [-0.1, -0.05) is 11.6 Å². The predicted octanol–water partition coefficient (Wildman–Crippen LogP) is 4.32. The molecule has 0 bridgehead atoms. The molecule has 3 aromatic rings. The van der Waals surface area contributed by atoms with Crippen molar-refractivity contribution in [3.05, 3.63) is 53.3 Å². The number of alkyl halides is 3. The van der Waals surface area contributed by atoms with Crippen LogP contribution in [0, 0.1) is 0 Å². The molecule has 1 fully saturated rings. The lowest BCUT2D eigenvalue weighted by Gasteiger charge is -2.25. The lowest BCUT2D eigenvalue weighted by Crippen LogP contribution is -2.41. The average Bonchev–Trinajstić information content (AvgIpc) is 2.75. The maximum absolute atomic E-state index is 13.2. The van der Waals surface area contributed by atoms with Crippen LogP contribution in [0.15, 0.2) is 42.7 Å². The third kappa shape index (κ3) is 5.26. The topological polar surface area (TPSA) is 79.4 Å².